The molecule has 4 aromatic carbocycles. The van der Waals surface area contributed by atoms with Gasteiger partial charge in [0.05, 0.1) is 32.5 Å². The van der Waals surface area contributed by atoms with Gasteiger partial charge in [-0.05, 0) is 28.3 Å². The Morgan fingerprint density at radius 2 is 1.17 bits per heavy atom. The summed E-state index contributed by atoms with van der Waals surface area (Å²) in [7, 11) is 0. The Balaban J connectivity index is 1.37. The number of rotatable bonds is 13. The number of nitrogens with zero attached hydrogens (tertiary/aromatic N) is 2. The SMILES string of the molecule is FC(F)(F)c1ccnc(N[C@@H]2[C@@H](OCc3ccccc3)[C@@H](OCc3ccccc3)[C@@H](COCc3ccccc3)O[C@@H]2c2ccccc2)n1. The van der Waals surface area contributed by atoms with Gasteiger partial charge in [-0.1, -0.05) is 121 Å². The molecule has 1 aliphatic heterocycles. The fourth-order valence-electron chi connectivity index (χ4n) is 5.70. The van der Waals surface area contributed by atoms with Crippen LogP contribution in [-0.4, -0.2) is 40.9 Å². The zero-order valence-corrected chi connectivity index (χ0v) is 26.1. The number of anilines is 1. The molecule has 6 rings (SSSR count). The predicted octanol–water partition coefficient (Wildman–Crippen LogP) is 7.80. The highest BCUT2D eigenvalue weighted by Crippen LogP contribution is 2.38. The van der Waals surface area contributed by atoms with Gasteiger partial charge in [0.2, 0.25) is 5.95 Å². The first-order valence-electron chi connectivity index (χ1n) is 15.7. The summed E-state index contributed by atoms with van der Waals surface area (Å²) in [4.78, 5) is 7.97. The molecular formula is C38H36F3N3O4. The topological polar surface area (TPSA) is 74.7 Å². The molecule has 0 radical (unpaired) electrons. The van der Waals surface area contributed by atoms with E-state index in [1.807, 2.05) is 121 Å². The van der Waals surface area contributed by atoms with Gasteiger partial charge in [-0.15, -0.1) is 0 Å². The second kappa shape index (κ2) is 16.0. The van der Waals surface area contributed by atoms with Gasteiger partial charge in [0.25, 0.3) is 0 Å². The molecular weight excluding hydrogens is 619 g/mol. The highest BCUT2D eigenvalue weighted by atomic mass is 19.4. The van der Waals surface area contributed by atoms with Crippen molar-refractivity contribution in [2.75, 3.05) is 11.9 Å². The summed E-state index contributed by atoms with van der Waals surface area (Å²) in [6.45, 7) is 1.00. The van der Waals surface area contributed by atoms with Gasteiger partial charge < -0.3 is 24.3 Å². The van der Waals surface area contributed by atoms with Crippen LogP contribution in [0.25, 0.3) is 0 Å². The second-order valence-corrected chi connectivity index (χ2v) is 11.5. The third kappa shape index (κ3) is 8.84. The van der Waals surface area contributed by atoms with Crippen molar-refractivity contribution in [3.63, 3.8) is 0 Å². The van der Waals surface area contributed by atoms with E-state index < -0.39 is 42.3 Å². The molecule has 1 fully saturated rings. The van der Waals surface area contributed by atoms with Crippen LogP contribution in [0.2, 0.25) is 0 Å². The number of halogens is 3. The van der Waals surface area contributed by atoms with E-state index in [-0.39, 0.29) is 25.8 Å². The summed E-state index contributed by atoms with van der Waals surface area (Å²) < 4.78 is 67.4. The van der Waals surface area contributed by atoms with Crippen molar-refractivity contribution >= 4 is 5.95 Å². The Morgan fingerprint density at radius 3 is 1.73 bits per heavy atom. The molecule has 1 aliphatic rings. The Kier molecular flexibility index (Phi) is 11.1. The van der Waals surface area contributed by atoms with Crippen LogP contribution in [-0.2, 0) is 44.9 Å². The van der Waals surface area contributed by atoms with Crippen LogP contribution >= 0.6 is 0 Å². The normalized spacial score (nSPS) is 21.1. The van der Waals surface area contributed by atoms with Crippen molar-refractivity contribution in [1.82, 2.24) is 9.97 Å². The first-order chi connectivity index (χ1) is 23.4. The Bertz CT molecular complexity index is 1680. The van der Waals surface area contributed by atoms with Gasteiger partial charge in [0.1, 0.15) is 30.1 Å². The third-order valence-corrected chi connectivity index (χ3v) is 8.03. The quantitative estimate of drug-likeness (QED) is 0.139. The molecule has 2 heterocycles. The minimum atomic E-state index is -4.65. The Morgan fingerprint density at radius 1 is 0.646 bits per heavy atom. The lowest BCUT2D eigenvalue weighted by molar-refractivity contribution is -0.227. The van der Waals surface area contributed by atoms with E-state index in [9.17, 15) is 13.2 Å². The molecule has 0 amide bonds. The van der Waals surface area contributed by atoms with E-state index in [4.69, 9.17) is 18.9 Å². The molecule has 7 nitrogen and oxygen atoms in total. The minimum Gasteiger partial charge on any atom is -0.374 e. The van der Waals surface area contributed by atoms with E-state index >= 15 is 0 Å². The molecule has 1 aromatic heterocycles. The molecule has 0 saturated carbocycles. The molecule has 0 unspecified atom stereocenters. The molecule has 0 spiro atoms. The lowest BCUT2D eigenvalue weighted by Crippen LogP contribution is -2.60. The largest absolute Gasteiger partial charge is 0.433 e. The summed E-state index contributed by atoms with van der Waals surface area (Å²) >= 11 is 0. The average Bonchev–Trinajstić information content (AvgIpc) is 3.12. The Labute approximate surface area is 277 Å². The molecule has 1 N–H and O–H groups in total. The van der Waals surface area contributed by atoms with Gasteiger partial charge >= 0.3 is 6.18 Å². The number of nitrogens with one attached hydrogen (secondary N) is 1. The summed E-state index contributed by atoms with van der Waals surface area (Å²) in [5.74, 6) is -0.201. The maximum Gasteiger partial charge on any atom is 0.433 e. The molecule has 48 heavy (non-hydrogen) atoms. The van der Waals surface area contributed by atoms with Gasteiger partial charge in [-0.25, -0.2) is 9.97 Å². The number of aromatic nitrogens is 2. The zero-order valence-electron chi connectivity index (χ0n) is 26.1. The molecule has 1 saturated heterocycles. The number of ether oxygens (including phenoxy) is 4. The Hall–Kier alpha value is -4.61. The van der Waals surface area contributed by atoms with Crippen molar-refractivity contribution in [1.29, 1.82) is 0 Å². The van der Waals surface area contributed by atoms with Crippen LogP contribution < -0.4 is 5.32 Å². The van der Waals surface area contributed by atoms with Crippen LogP contribution in [0.1, 0.15) is 34.1 Å². The minimum absolute atomic E-state index is 0.176. The summed E-state index contributed by atoms with van der Waals surface area (Å²) in [5.41, 5.74) is 2.61. The number of hydrogen-bond donors (Lipinski definition) is 1. The maximum absolute atomic E-state index is 13.7. The van der Waals surface area contributed by atoms with E-state index in [0.717, 1.165) is 34.5 Å². The van der Waals surface area contributed by atoms with E-state index in [0.29, 0.717) is 6.61 Å². The van der Waals surface area contributed by atoms with Gasteiger partial charge in [0, 0.05) is 6.20 Å². The molecule has 248 valence electrons. The first-order valence-corrected chi connectivity index (χ1v) is 15.7. The van der Waals surface area contributed by atoms with Crippen molar-refractivity contribution in [2.24, 2.45) is 0 Å². The van der Waals surface area contributed by atoms with Crippen LogP contribution in [0.4, 0.5) is 19.1 Å². The molecule has 5 atom stereocenters. The summed E-state index contributed by atoms with van der Waals surface area (Å²) in [5, 5.41) is 3.17. The summed E-state index contributed by atoms with van der Waals surface area (Å²) in [6.07, 6.45) is -6.30. The third-order valence-electron chi connectivity index (χ3n) is 8.03. The maximum atomic E-state index is 13.7. The van der Waals surface area contributed by atoms with Crippen LogP contribution in [0.5, 0.6) is 0 Å². The fourth-order valence-corrected chi connectivity index (χ4v) is 5.70. The standard InChI is InChI=1S/C38H36F3N3O4/c39-38(40,41)32-21-22-42-37(43-32)44-33-34(30-19-11-4-12-20-30)48-31(26-45-23-27-13-5-1-6-14-27)35(46-24-28-15-7-2-8-16-28)36(33)47-25-29-17-9-3-10-18-29/h1-22,31,33-36H,23-26H2,(H,42,43,44)/t31-,33+,34-,35+,36-/m1/s1. The highest BCUT2D eigenvalue weighted by molar-refractivity contribution is 5.33. The van der Waals surface area contributed by atoms with Crippen molar-refractivity contribution in [2.45, 2.75) is 56.5 Å². The lowest BCUT2D eigenvalue weighted by atomic mass is 9.88. The fraction of sp³-hybridized carbons (Fsp3) is 0.263. The highest BCUT2D eigenvalue weighted by Gasteiger charge is 2.48. The van der Waals surface area contributed by atoms with Crippen LogP contribution in [0, 0.1) is 0 Å². The molecule has 5 aromatic rings. The number of benzene rings is 4. The first kappa shape index (κ1) is 33.3. The van der Waals surface area contributed by atoms with Crippen LogP contribution in [0.15, 0.2) is 134 Å². The van der Waals surface area contributed by atoms with Gasteiger partial charge in [-0.2, -0.15) is 13.2 Å². The average molecular weight is 656 g/mol. The summed E-state index contributed by atoms with van der Waals surface area (Å²) in [6, 6.07) is 38.8. The molecule has 10 heteroatoms. The predicted molar refractivity (Wildman–Crippen MR) is 175 cm³/mol. The van der Waals surface area contributed by atoms with E-state index in [1.54, 1.807) is 0 Å². The van der Waals surface area contributed by atoms with Gasteiger partial charge in [0.15, 0.2) is 0 Å². The van der Waals surface area contributed by atoms with E-state index in [2.05, 4.69) is 15.3 Å². The number of alkyl halides is 3. The van der Waals surface area contributed by atoms with Crippen LogP contribution in [0.3, 0.4) is 0 Å². The van der Waals surface area contributed by atoms with Crippen molar-refractivity contribution in [3.8, 4) is 0 Å². The van der Waals surface area contributed by atoms with E-state index in [1.165, 1.54) is 0 Å². The molecule has 0 bridgehead atoms. The van der Waals surface area contributed by atoms with Crippen molar-refractivity contribution in [3.05, 3.63) is 162 Å². The number of hydrogen-bond acceptors (Lipinski definition) is 7. The lowest BCUT2D eigenvalue weighted by Gasteiger charge is -2.47. The molecule has 0 aliphatic carbocycles. The smallest absolute Gasteiger partial charge is 0.374 e. The van der Waals surface area contributed by atoms with Gasteiger partial charge in [-0.3, -0.25) is 0 Å². The van der Waals surface area contributed by atoms with Crippen molar-refractivity contribution < 1.29 is 32.1 Å². The monoisotopic (exact) mass is 655 g/mol. The second-order valence-electron chi connectivity index (χ2n) is 11.5. The zero-order chi connectivity index (χ0) is 33.2.